The summed E-state index contributed by atoms with van der Waals surface area (Å²) in [6.07, 6.45) is 1.70. The van der Waals surface area contributed by atoms with Crippen LogP contribution in [0.1, 0.15) is 0 Å². The molecule has 0 bridgehead atoms. The van der Waals surface area contributed by atoms with E-state index < -0.39 is 0 Å². The summed E-state index contributed by atoms with van der Waals surface area (Å²) >= 11 is 3.40. The molecule has 0 fully saturated rings. The van der Waals surface area contributed by atoms with Crippen molar-refractivity contribution >= 4 is 21.4 Å². The molecule has 2 aromatic heterocycles. The number of methoxy groups -OCH3 is 1. The Hall–Kier alpha value is -2.08. The Balaban J connectivity index is 2.33. The molecule has 0 saturated carbocycles. The molecule has 1 N–H and O–H groups in total. The van der Waals surface area contributed by atoms with E-state index >= 15 is 0 Å². The van der Waals surface area contributed by atoms with Crippen LogP contribution in [-0.2, 0) is 0 Å². The summed E-state index contributed by atoms with van der Waals surface area (Å²) in [6, 6.07) is 9.32. The van der Waals surface area contributed by atoms with Crippen LogP contribution in [0.4, 0.5) is 0 Å². The van der Waals surface area contributed by atoms with Crippen LogP contribution in [0.15, 0.2) is 45.8 Å². The van der Waals surface area contributed by atoms with Gasteiger partial charge in [-0.05, 0) is 30.3 Å². The number of halogens is 1. The lowest BCUT2D eigenvalue weighted by molar-refractivity contribution is 0.416. The van der Waals surface area contributed by atoms with Gasteiger partial charge in [-0.2, -0.15) is 5.10 Å². The summed E-state index contributed by atoms with van der Waals surface area (Å²) in [4.78, 5) is 11.6. The lowest BCUT2D eigenvalue weighted by Gasteiger charge is -2.09. The van der Waals surface area contributed by atoms with Gasteiger partial charge >= 0.3 is 5.69 Å². The molecule has 1 aromatic carbocycles. The van der Waals surface area contributed by atoms with Gasteiger partial charge in [-0.15, -0.1) is 0 Å². The maximum absolute atomic E-state index is 11.6. The van der Waals surface area contributed by atoms with Gasteiger partial charge < -0.3 is 4.74 Å². The van der Waals surface area contributed by atoms with Gasteiger partial charge in [0, 0.05) is 16.2 Å². The maximum Gasteiger partial charge on any atom is 0.346 e. The zero-order chi connectivity index (χ0) is 13.4. The summed E-state index contributed by atoms with van der Waals surface area (Å²) < 4.78 is 7.80. The predicted octanol–water partition coefficient (Wildman–Crippen LogP) is 2.46. The third-order valence-electron chi connectivity index (χ3n) is 2.89. The van der Waals surface area contributed by atoms with Crippen LogP contribution < -0.4 is 10.4 Å². The molecular weight excluding hydrogens is 310 g/mol. The van der Waals surface area contributed by atoms with E-state index in [-0.39, 0.29) is 5.69 Å². The second-order valence-corrected chi connectivity index (χ2v) is 4.90. The highest BCUT2D eigenvalue weighted by Gasteiger charge is 2.13. The molecule has 0 aliphatic heterocycles. The Bertz CT molecular complexity index is 807. The van der Waals surface area contributed by atoms with Crippen LogP contribution in [0.25, 0.3) is 16.8 Å². The molecule has 0 radical (unpaired) electrons. The van der Waals surface area contributed by atoms with E-state index in [0.717, 1.165) is 15.6 Å². The van der Waals surface area contributed by atoms with Crippen molar-refractivity contribution in [3.05, 3.63) is 51.5 Å². The standard InChI is InChI=1S/C13H10BrN3O2/c1-19-11-7-8(14)4-5-9(11)12-10-3-2-6-17(10)13(18)16-15-12/h2-7H,1H3,(H,16,18). The Kier molecular flexibility index (Phi) is 2.87. The Morgan fingerprint density at radius 1 is 1.37 bits per heavy atom. The summed E-state index contributed by atoms with van der Waals surface area (Å²) in [7, 11) is 1.60. The molecule has 0 amide bonds. The number of nitrogens with one attached hydrogen (secondary N) is 1. The number of H-pyrrole nitrogens is 1. The highest BCUT2D eigenvalue weighted by Crippen LogP contribution is 2.32. The zero-order valence-corrected chi connectivity index (χ0v) is 11.6. The minimum absolute atomic E-state index is 0.264. The quantitative estimate of drug-likeness (QED) is 0.789. The molecule has 3 aromatic rings. The fourth-order valence-electron chi connectivity index (χ4n) is 2.02. The first-order chi connectivity index (χ1) is 9.20. The minimum Gasteiger partial charge on any atom is -0.496 e. The number of aromatic nitrogens is 3. The largest absolute Gasteiger partial charge is 0.496 e. The van der Waals surface area contributed by atoms with Gasteiger partial charge in [0.1, 0.15) is 11.4 Å². The van der Waals surface area contributed by atoms with Crippen LogP contribution in [0.5, 0.6) is 5.75 Å². The average molecular weight is 320 g/mol. The van der Waals surface area contributed by atoms with Gasteiger partial charge in [0.15, 0.2) is 0 Å². The highest BCUT2D eigenvalue weighted by molar-refractivity contribution is 9.10. The summed E-state index contributed by atoms with van der Waals surface area (Å²) in [5, 5.41) is 6.62. The molecule has 0 spiro atoms. The number of benzene rings is 1. The number of ether oxygens (including phenoxy) is 1. The molecule has 3 rings (SSSR count). The summed E-state index contributed by atoms with van der Waals surface area (Å²) in [5.74, 6) is 0.692. The normalized spacial score (nSPS) is 10.8. The molecule has 2 heterocycles. The third kappa shape index (κ3) is 1.94. The Labute approximate surface area is 117 Å². The molecule has 5 nitrogen and oxygen atoms in total. The molecule has 0 aliphatic carbocycles. The lowest BCUT2D eigenvalue weighted by Crippen LogP contribution is -2.17. The molecule has 0 unspecified atom stereocenters. The molecule has 19 heavy (non-hydrogen) atoms. The predicted molar refractivity (Wildman–Crippen MR) is 75.5 cm³/mol. The number of hydrogen-bond acceptors (Lipinski definition) is 3. The molecular formula is C13H10BrN3O2. The highest BCUT2D eigenvalue weighted by atomic mass is 79.9. The van der Waals surface area contributed by atoms with Crippen LogP contribution in [0, 0.1) is 0 Å². The van der Waals surface area contributed by atoms with Crippen molar-refractivity contribution in [1.29, 1.82) is 0 Å². The minimum atomic E-state index is -0.264. The topological polar surface area (TPSA) is 59.4 Å². The van der Waals surface area contributed by atoms with Gasteiger partial charge in [0.25, 0.3) is 0 Å². The number of hydrogen-bond donors (Lipinski definition) is 1. The first-order valence-corrected chi connectivity index (χ1v) is 6.39. The van der Waals surface area contributed by atoms with Gasteiger partial charge in [-0.3, -0.25) is 4.40 Å². The van der Waals surface area contributed by atoms with Gasteiger partial charge in [-0.25, -0.2) is 9.89 Å². The van der Waals surface area contributed by atoms with E-state index in [9.17, 15) is 4.79 Å². The maximum atomic E-state index is 11.6. The first-order valence-electron chi connectivity index (χ1n) is 5.60. The van der Waals surface area contributed by atoms with Gasteiger partial charge in [0.2, 0.25) is 0 Å². The van der Waals surface area contributed by atoms with E-state index in [1.807, 2.05) is 24.3 Å². The van der Waals surface area contributed by atoms with Gasteiger partial charge in [-0.1, -0.05) is 15.9 Å². The fraction of sp³-hybridized carbons (Fsp3) is 0.0769. The van der Waals surface area contributed by atoms with Crippen LogP contribution >= 0.6 is 15.9 Å². The monoisotopic (exact) mass is 319 g/mol. The van der Waals surface area contributed by atoms with Crippen molar-refractivity contribution in [2.24, 2.45) is 0 Å². The molecule has 0 aliphatic rings. The number of rotatable bonds is 2. The SMILES string of the molecule is COc1cc(Br)ccc1-c1n[nH]c(=O)n2cccc12. The van der Waals surface area contributed by atoms with E-state index in [1.165, 1.54) is 4.40 Å². The molecule has 0 atom stereocenters. The van der Waals surface area contributed by atoms with Crippen LogP contribution in [0.3, 0.4) is 0 Å². The van der Waals surface area contributed by atoms with E-state index in [2.05, 4.69) is 26.1 Å². The number of nitrogens with zero attached hydrogens (tertiary/aromatic N) is 2. The van der Waals surface area contributed by atoms with Gasteiger partial charge in [0.05, 0.1) is 12.6 Å². The Morgan fingerprint density at radius 2 is 2.21 bits per heavy atom. The molecule has 6 heteroatoms. The molecule has 96 valence electrons. The van der Waals surface area contributed by atoms with Crippen molar-refractivity contribution in [2.45, 2.75) is 0 Å². The molecule has 0 saturated heterocycles. The second-order valence-electron chi connectivity index (χ2n) is 3.99. The third-order valence-corrected chi connectivity index (χ3v) is 3.39. The summed E-state index contributed by atoms with van der Waals surface area (Å²) in [5.41, 5.74) is 1.98. The van der Waals surface area contributed by atoms with Crippen LogP contribution in [-0.4, -0.2) is 21.7 Å². The lowest BCUT2D eigenvalue weighted by atomic mass is 10.1. The van der Waals surface area contributed by atoms with Crippen LogP contribution in [0.2, 0.25) is 0 Å². The Morgan fingerprint density at radius 3 is 3.00 bits per heavy atom. The van der Waals surface area contributed by atoms with Crippen molar-refractivity contribution in [2.75, 3.05) is 7.11 Å². The van der Waals surface area contributed by atoms with E-state index in [0.29, 0.717) is 11.4 Å². The first kappa shape index (κ1) is 12.0. The second kappa shape index (κ2) is 4.55. The van der Waals surface area contributed by atoms with Crippen molar-refractivity contribution in [3.8, 4) is 17.0 Å². The van der Waals surface area contributed by atoms with Crippen molar-refractivity contribution < 1.29 is 4.74 Å². The fourth-order valence-corrected chi connectivity index (χ4v) is 2.36. The number of aromatic amines is 1. The number of fused-ring (bicyclic) bond motifs is 1. The zero-order valence-electron chi connectivity index (χ0n) is 10.1. The summed E-state index contributed by atoms with van der Waals surface area (Å²) in [6.45, 7) is 0. The van der Waals surface area contributed by atoms with E-state index in [4.69, 9.17) is 4.74 Å². The van der Waals surface area contributed by atoms with Crippen molar-refractivity contribution in [1.82, 2.24) is 14.6 Å². The average Bonchev–Trinajstić information content (AvgIpc) is 2.90. The smallest absolute Gasteiger partial charge is 0.346 e. The van der Waals surface area contributed by atoms with E-state index in [1.54, 1.807) is 19.4 Å². The van der Waals surface area contributed by atoms with Crippen molar-refractivity contribution in [3.63, 3.8) is 0 Å².